The molecule has 28 heavy (non-hydrogen) atoms. The van der Waals surface area contributed by atoms with Gasteiger partial charge in [0, 0.05) is 0 Å². The molecule has 0 aromatic heterocycles. The second-order valence-corrected chi connectivity index (χ2v) is 9.10. The van der Waals surface area contributed by atoms with Gasteiger partial charge in [0.15, 0.2) is 0 Å². The van der Waals surface area contributed by atoms with Crippen molar-refractivity contribution in [3.05, 3.63) is 35.4 Å². The van der Waals surface area contributed by atoms with E-state index in [1.165, 1.54) is 11.1 Å². The molecule has 1 N–H and O–H groups in total. The molecule has 1 aromatic rings. The number of carbonyl (C=O) groups is 2. The zero-order valence-corrected chi connectivity index (χ0v) is 18.1. The Morgan fingerprint density at radius 2 is 1.32 bits per heavy atom. The van der Waals surface area contributed by atoms with E-state index in [1.54, 1.807) is 13.8 Å². The second-order valence-electron chi connectivity index (χ2n) is 9.10. The van der Waals surface area contributed by atoms with Gasteiger partial charge in [0.1, 0.15) is 5.60 Å². The van der Waals surface area contributed by atoms with E-state index < -0.39 is 11.4 Å². The van der Waals surface area contributed by atoms with E-state index in [4.69, 9.17) is 9.84 Å². The molecule has 0 amide bonds. The molecule has 0 aliphatic carbocycles. The lowest BCUT2D eigenvalue weighted by Crippen LogP contribution is -2.23. The van der Waals surface area contributed by atoms with Crippen LogP contribution in [0.3, 0.4) is 0 Å². The molecule has 0 spiro atoms. The van der Waals surface area contributed by atoms with Crippen molar-refractivity contribution < 1.29 is 19.4 Å². The van der Waals surface area contributed by atoms with Gasteiger partial charge in [0.25, 0.3) is 6.47 Å². The van der Waals surface area contributed by atoms with E-state index in [0.717, 1.165) is 64.2 Å². The fraction of sp³-hybridized carbons (Fsp3) is 0.667. The first-order valence-corrected chi connectivity index (χ1v) is 10.6. The van der Waals surface area contributed by atoms with Crippen LogP contribution in [0, 0.1) is 5.41 Å². The van der Waals surface area contributed by atoms with Crippen LogP contribution in [0.1, 0.15) is 90.2 Å². The number of unbranched alkanes of at least 4 members (excludes halogenated alkanes) is 4. The third kappa shape index (κ3) is 9.91. The van der Waals surface area contributed by atoms with Gasteiger partial charge < -0.3 is 9.84 Å². The smallest absolute Gasteiger partial charge is 0.309 e. The Bertz CT molecular complexity index is 587. The topological polar surface area (TPSA) is 63.6 Å². The first-order valence-electron chi connectivity index (χ1n) is 10.6. The lowest BCUT2D eigenvalue weighted by Gasteiger charge is -2.22. The first-order chi connectivity index (χ1) is 13.2. The van der Waals surface area contributed by atoms with Crippen molar-refractivity contribution in [3.63, 3.8) is 0 Å². The molecule has 1 rings (SSSR count). The molecule has 0 unspecified atom stereocenters. The van der Waals surface area contributed by atoms with Crippen molar-refractivity contribution in [2.24, 2.45) is 5.41 Å². The fourth-order valence-corrected chi connectivity index (χ4v) is 3.30. The summed E-state index contributed by atoms with van der Waals surface area (Å²) in [4.78, 5) is 21.5. The maximum absolute atomic E-state index is 11.1. The Labute approximate surface area is 170 Å². The van der Waals surface area contributed by atoms with Gasteiger partial charge in [0.2, 0.25) is 0 Å². The maximum atomic E-state index is 11.1. The highest BCUT2D eigenvalue weighted by Gasteiger charge is 2.25. The molecule has 0 radical (unpaired) electrons. The van der Waals surface area contributed by atoms with Crippen molar-refractivity contribution in [3.8, 4) is 0 Å². The third-order valence-corrected chi connectivity index (χ3v) is 5.48. The second kappa shape index (κ2) is 11.9. The summed E-state index contributed by atoms with van der Waals surface area (Å²) in [6.07, 6.45) is 10.3. The lowest BCUT2D eigenvalue weighted by atomic mass is 9.87. The molecule has 0 saturated heterocycles. The molecular weight excluding hydrogens is 352 g/mol. The monoisotopic (exact) mass is 390 g/mol. The summed E-state index contributed by atoms with van der Waals surface area (Å²) in [7, 11) is 0. The van der Waals surface area contributed by atoms with Crippen LogP contribution in [0.5, 0.6) is 0 Å². The molecule has 158 valence electrons. The number of rotatable bonds is 15. The van der Waals surface area contributed by atoms with E-state index in [0.29, 0.717) is 6.47 Å². The lowest BCUT2D eigenvalue weighted by molar-refractivity contribution is -0.147. The molecule has 0 saturated carbocycles. The number of ether oxygens (including phenoxy) is 1. The minimum atomic E-state index is -0.707. The van der Waals surface area contributed by atoms with Crippen molar-refractivity contribution in [1.29, 1.82) is 0 Å². The molecule has 0 bridgehead atoms. The minimum absolute atomic E-state index is 0.354. The number of hydrogen-bond donors (Lipinski definition) is 1. The molecule has 4 nitrogen and oxygen atoms in total. The predicted octanol–water partition coefficient (Wildman–Crippen LogP) is 5.95. The van der Waals surface area contributed by atoms with E-state index in [9.17, 15) is 9.59 Å². The minimum Gasteiger partial charge on any atom is -0.481 e. The number of aliphatic carboxylic acids is 1. The van der Waals surface area contributed by atoms with Gasteiger partial charge in [0.05, 0.1) is 5.41 Å². The molecule has 4 heteroatoms. The normalized spacial score (nSPS) is 12.0. The van der Waals surface area contributed by atoms with Gasteiger partial charge >= 0.3 is 5.97 Å². The van der Waals surface area contributed by atoms with Gasteiger partial charge in [-0.25, -0.2) is 0 Å². The van der Waals surface area contributed by atoms with Crippen molar-refractivity contribution in [1.82, 2.24) is 0 Å². The molecule has 0 heterocycles. The number of carboxylic acids is 1. The summed E-state index contributed by atoms with van der Waals surface area (Å²) < 4.78 is 5.08. The number of hydrogen-bond acceptors (Lipinski definition) is 3. The molecule has 0 atom stereocenters. The maximum Gasteiger partial charge on any atom is 0.309 e. The van der Waals surface area contributed by atoms with Gasteiger partial charge in [-0.2, -0.15) is 0 Å². The largest absolute Gasteiger partial charge is 0.481 e. The third-order valence-electron chi connectivity index (χ3n) is 5.48. The summed E-state index contributed by atoms with van der Waals surface area (Å²) in [5.74, 6) is -0.707. The number of benzene rings is 1. The van der Waals surface area contributed by atoms with Crippen LogP contribution in [-0.4, -0.2) is 23.1 Å². The average Bonchev–Trinajstić information content (AvgIpc) is 2.62. The first kappa shape index (κ1) is 24.2. The predicted molar refractivity (Wildman–Crippen MR) is 113 cm³/mol. The summed E-state index contributed by atoms with van der Waals surface area (Å²) in [6, 6.07) is 8.89. The Morgan fingerprint density at radius 1 is 0.857 bits per heavy atom. The van der Waals surface area contributed by atoms with Crippen molar-refractivity contribution in [2.45, 2.75) is 97.5 Å². The highest BCUT2D eigenvalue weighted by atomic mass is 16.5. The van der Waals surface area contributed by atoms with Crippen LogP contribution in [0.2, 0.25) is 0 Å². The fourth-order valence-electron chi connectivity index (χ4n) is 3.30. The summed E-state index contributed by atoms with van der Waals surface area (Å²) in [5.41, 5.74) is 1.76. The quantitative estimate of drug-likeness (QED) is 0.297. The molecule has 1 aromatic carbocycles. The Morgan fingerprint density at radius 3 is 1.75 bits per heavy atom. The van der Waals surface area contributed by atoms with Crippen molar-refractivity contribution >= 4 is 12.4 Å². The van der Waals surface area contributed by atoms with E-state index in [1.807, 2.05) is 13.8 Å². The summed E-state index contributed by atoms with van der Waals surface area (Å²) in [5, 5.41) is 9.13. The standard InChI is InChI=1S/C24H38O4/c1-23(2,22(26)27)17-9-5-7-11-20-13-15-21(16-14-20)12-8-6-10-18-24(3,4)28-19-25/h13-16,19H,5-12,17-18H2,1-4H3,(H,26,27). The molecule has 0 fully saturated rings. The average molecular weight is 391 g/mol. The summed E-state index contributed by atoms with van der Waals surface area (Å²) in [6.45, 7) is 8.04. The molecule has 0 aliphatic heterocycles. The highest BCUT2D eigenvalue weighted by Crippen LogP contribution is 2.24. The Hall–Kier alpha value is -1.84. The van der Waals surface area contributed by atoms with E-state index in [2.05, 4.69) is 24.3 Å². The van der Waals surface area contributed by atoms with Gasteiger partial charge in [-0.1, -0.05) is 43.5 Å². The number of aryl methyl sites for hydroxylation is 2. The Kier molecular flexibility index (Phi) is 10.3. The van der Waals surface area contributed by atoms with Crippen LogP contribution >= 0.6 is 0 Å². The number of carbonyl (C=O) groups excluding carboxylic acids is 1. The Balaban J connectivity index is 2.18. The highest BCUT2D eigenvalue weighted by molar-refractivity contribution is 5.73. The zero-order chi connectivity index (χ0) is 21.0. The van der Waals surface area contributed by atoms with Crippen LogP contribution in [0.25, 0.3) is 0 Å². The van der Waals surface area contributed by atoms with Gasteiger partial charge in [-0.3, -0.25) is 9.59 Å². The molecule has 0 aliphatic rings. The number of carboxylic acid groups (broad SMARTS) is 1. The molecular formula is C24H38O4. The van der Waals surface area contributed by atoms with Gasteiger partial charge in [-0.15, -0.1) is 0 Å². The van der Waals surface area contributed by atoms with E-state index in [-0.39, 0.29) is 5.60 Å². The van der Waals surface area contributed by atoms with E-state index >= 15 is 0 Å². The SMILES string of the molecule is CC(C)(CCCCCc1ccc(CCCCCC(C)(C)C(=O)O)cc1)OC=O. The van der Waals surface area contributed by atoms with Crippen LogP contribution in [-0.2, 0) is 27.2 Å². The van der Waals surface area contributed by atoms with Crippen LogP contribution < -0.4 is 0 Å². The van der Waals surface area contributed by atoms with Crippen molar-refractivity contribution in [2.75, 3.05) is 0 Å². The zero-order valence-electron chi connectivity index (χ0n) is 18.1. The van der Waals surface area contributed by atoms with Crippen LogP contribution in [0.15, 0.2) is 24.3 Å². The van der Waals surface area contributed by atoms with Crippen LogP contribution in [0.4, 0.5) is 0 Å². The van der Waals surface area contributed by atoms with Gasteiger partial charge in [-0.05, 0) is 83.8 Å². The summed E-state index contributed by atoms with van der Waals surface area (Å²) >= 11 is 0.